The van der Waals surface area contributed by atoms with Crippen molar-refractivity contribution in [1.29, 1.82) is 0 Å². The first-order chi connectivity index (χ1) is 5.04. The molecule has 9 N–H and O–H groups in total. The standard InChI is InChI=1S/C5H16N6/c1-11-4(8)2(6)10-3(7)5(11)9/h2-5,10H,6-9H2,1H3. The first-order valence-electron chi connectivity index (χ1n) is 3.54. The second kappa shape index (κ2) is 3.02. The minimum Gasteiger partial charge on any atom is -0.313 e. The maximum atomic E-state index is 5.68. The van der Waals surface area contributed by atoms with Gasteiger partial charge in [0.05, 0.1) is 24.7 Å². The molecule has 1 rings (SSSR count). The van der Waals surface area contributed by atoms with E-state index in [1.165, 1.54) is 0 Å². The molecule has 0 aromatic heterocycles. The largest absolute Gasteiger partial charge is 0.313 e. The minimum atomic E-state index is -0.310. The molecule has 0 saturated carbocycles. The highest BCUT2D eigenvalue weighted by molar-refractivity contribution is 4.88. The Labute approximate surface area is 65.9 Å². The van der Waals surface area contributed by atoms with Crippen LogP contribution >= 0.6 is 0 Å². The van der Waals surface area contributed by atoms with Crippen LogP contribution in [0.3, 0.4) is 0 Å². The SMILES string of the molecule is CN1C(N)C(N)NC(N)C1N. The average Bonchev–Trinajstić information content (AvgIpc) is 1.97. The van der Waals surface area contributed by atoms with Gasteiger partial charge in [-0.25, -0.2) is 0 Å². The van der Waals surface area contributed by atoms with Crippen LogP contribution in [0.4, 0.5) is 0 Å². The lowest BCUT2D eigenvalue weighted by Crippen LogP contribution is -2.76. The molecule has 0 aromatic carbocycles. The third-order valence-corrected chi connectivity index (χ3v) is 2.06. The van der Waals surface area contributed by atoms with E-state index < -0.39 is 0 Å². The van der Waals surface area contributed by atoms with Gasteiger partial charge in [-0.1, -0.05) is 0 Å². The number of piperazine rings is 1. The highest BCUT2D eigenvalue weighted by Crippen LogP contribution is 2.03. The van der Waals surface area contributed by atoms with Crippen LogP contribution in [-0.4, -0.2) is 36.6 Å². The van der Waals surface area contributed by atoms with E-state index in [0.717, 1.165) is 0 Å². The summed E-state index contributed by atoms with van der Waals surface area (Å²) in [5.74, 6) is 0. The zero-order chi connectivity index (χ0) is 8.59. The zero-order valence-electron chi connectivity index (χ0n) is 6.57. The Morgan fingerprint density at radius 3 is 1.73 bits per heavy atom. The molecule has 4 unspecified atom stereocenters. The van der Waals surface area contributed by atoms with Gasteiger partial charge in [-0.05, 0) is 7.05 Å². The lowest BCUT2D eigenvalue weighted by Gasteiger charge is -2.43. The lowest BCUT2D eigenvalue weighted by molar-refractivity contribution is 0.0639. The van der Waals surface area contributed by atoms with Crippen molar-refractivity contribution in [1.82, 2.24) is 10.2 Å². The topological polar surface area (TPSA) is 119 Å². The van der Waals surface area contributed by atoms with Crippen LogP contribution in [0.2, 0.25) is 0 Å². The van der Waals surface area contributed by atoms with E-state index in [4.69, 9.17) is 22.9 Å². The Bertz CT molecular complexity index is 125. The Morgan fingerprint density at radius 2 is 1.36 bits per heavy atom. The van der Waals surface area contributed by atoms with Crippen molar-refractivity contribution in [2.24, 2.45) is 22.9 Å². The predicted octanol–water partition coefficient (Wildman–Crippen LogP) is -3.34. The van der Waals surface area contributed by atoms with Crippen LogP contribution in [0.25, 0.3) is 0 Å². The molecule has 0 bridgehead atoms. The summed E-state index contributed by atoms with van der Waals surface area (Å²) in [4.78, 5) is 1.76. The zero-order valence-corrected chi connectivity index (χ0v) is 6.57. The molecule has 0 amide bonds. The number of hydrogen-bond donors (Lipinski definition) is 5. The fourth-order valence-corrected chi connectivity index (χ4v) is 1.12. The summed E-state index contributed by atoms with van der Waals surface area (Å²) in [5.41, 5.74) is 22.6. The maximum Gasteiger partial charge on any atom is 0.0875 e. The fraction of sp³-hybridized carbons (Fsp3) is 1.00. The number of hydrogen-bond acceptors (Lipinski definition) is 6. The van der Waals surface area contributed by atoms with E-state index in [-0.39, 0.29) is 24.7 Å². The molecular formula is C5H16N6. The Kier molecular flexibility index (Phi) is 2.43. The van der Waals surface area contributed by atoms with Gasteiger partial charge in [0.1, 0.15) is 0 Å². The minimum absolute atomic E-state index is 0.273. The highest BCUT2D eigenvalue weighted by atomic mass is 15.4. The van der Waals surface area contributed by atoms with Crippen molar-refractivity contribution in [3.8, 4) is 0 Å². The van der Waals surface area contributed by atoms with Crippen molar-refractivity contribution < 1.29 is 0 Å². The van der Waals surface area contributed by atoms with Gasteiger partial charge in [-0.2, -0.15) is 0 Å². The van der Waals surface area contributed by atoms with Gasteiger partial charge in [0.15, 0.2) is 0 Å². The lowest BCUT2D eigenvalue weighted by atomic mass is 10.2. The van der Waals surface area contributed by atoms with E-state index in [0.29, 0.717) is 0 Å². The van der Waals surface area contributed by atoms with Gasteiger partial charge in [0.2, 0.25) is 0 Å². The summed E-state index contributed by atoms with van der Waals surface area (Å²) >= 11 is 0. The van der Waals surface area contributed by atoms with Gasteiger partial charge in [-0.15, -0.1) is 0 Å². The van der Waals surface area contributed by atoms with Crippen molar-refractivity contribution in [3.63, 3.8) is 0 Å². The monoisotopic (exact) mass is 160 g/mol. The molecule has 4 atom stereocenters. The summed E-state index contributed by atoms with van der Waals surface area (Å²) < 4.78 is 0. The molecule has 66 valence electrons. The first-order valence-corrected chi connectivity index (χ1v) is 3.54. The fourth-order valence-electron chi connectivity index (χ4n) is 1.12. The number of rotatable bonds is 0. The normalized spacial score (nSPS) is 47.7. The van der Waals surface area contributed by atoms with Gasteiger partial charge < -0.3 is 22.9 Å². The molecule has 1 fully saturated rings. The molecule has 1 aliphatic heterocycles. The van der Waals surface area contributed by atoms with Gasteiger partial charge in [0.25, 0.3) is 0 Å². The number of nitrogens with one attached hydrogen (secondary N) is 1. The Morgan fingerprint density at radius 1 is 1.00 bits per heavy atom. The van der Waals surface area contributed by atoms with Crippen LogP contribution in [0.5, 0.6) is 0 Å². The predicted molar refractivity (Wildman–Crippen MR) is 42.8 cm³/mol. The molecule has 11 heavy (non-hydrogen) atoms. The van der Waals surface area contributed by atoms with E-state index in [1.54, 1.807) is 11.9 Å². The van der Waals surface area contributed by atoms with Crippen LogP contribution in [0, 0.1) is 0 Å². The van der Waals surface area contributed by atoms with Crippen LogP contribution in [-0.2, 0) is 0 Å². The summed E-state index contributed by atoms with van der Waals surface area (Å²) in [6.07, 6.45) is -1.17. The number of nitrogens with zero attached hydrogens (tertiary/aromatic N) is 1. The summed E-state index contributed by atoms with van der Waals surface area (Å²) in [6, 6.07) is 0. The Hall–Kier alpha value is -0.240. The molecule has 1 heterocycles. The maximum absolute atomic E-state index is 5.68. The van der Waals surface area contributed by atoms with Crippen molar-refractivity contribution in [2.45, 2.75) is 24.7 Å². The van der Waals surface area contributed by atoms with E-state index in [9.17, 15) is 0 Å². The highest BCUT2D eigenvalue weighted by Gasteiger charge is 2.32. The first kappa shape index (κ1) is 8.85. The molecule has 0 spiro atoms. The Balaban J connectivity index is 2.63. The second-order valence-corrected chi connectivity index (χ2v) is 2.86. The third-order valence-electron chi connectivity index (χ3n) is 2.06. The summed E-state index contributed by atoms with van der Waals surface area (Å²) in [6.45, 7) is 0. The van der Waals surface area contributed by atoms with Crippen molar-refractivity contribution >= 4 is 0 Å². The molecule has 0 radical (unpaired) electrons. The molecule has 6 nitrogen and oxygen atoms in total. The van der Waals surface area contributed by atoms with Crippen molar-refractivity contribution in [3.05, 3.63) is 0 Å². The van der Waals surface area contributed by atoms with Crippen LogP contribution in [0.1, 0.15) is 0 Å². The summed E-state index contributed by atoms with van der Waals surface area (Å²) in [7, 11) is 1.80. The summed E-state index contributed by atoms with van der Waals surface area (Å²) in [5, 5.41) is 2.87. The van der Waals surface area contributed by atoms with E-state index in [1.807, 2.05) is 0 Å². The number of nitrogens with two attached hydrogens (primary N) is 4. The molecule has 1 saturated heterocycles. The third kappa shape index (κ3) is 1.51. The number of likely N-dealkylation sites (N-methyl/N-ethyl adjacent to an activating group) is 1. The van der Waals surface area contributed by atoms with Crippen LogP contribution < -0.4 is 28.3 Å². The van der Waals surface area contributed by atoms with Gasteiger partial charge in [-0.3, -0.25) is 10.2 Å². The molecule has 0 aromatic rings. The van der Waals surface area contributed by atoms with Gasteiger partial charge in [0, 0.05) is 0 Å². The molecule has 1 aliphatic rings. The van der Waals surface area contributed by atoms with Gasteiger partial charge >= 0.3 is 0 Å². The second-order valence-electron chi connectivity index (χ2n) is 2.86. The average molecular weight is 160 g/mol. The molecular weight excluding hydrogens is 144 g/mol. The quantitative estimate of drug-likeness (QED) is 0.253. The van der Waals surface area contributed by atoms with E-state index >= 15 is 0 Å². The molecule has 0 aliphatic carbocycles. The van der Waals surface area contributed by atoms with Crippen LogP contribution in [0.15, 0.2) is 0 Å². The van der Waals surface area contributed by atoms with E-state index in [2.05, 4.69) is 5.32 Å². The molecule has 6 heteroatoms. The van der Waals surface area contributed by atoms with Crippen molar-refractivity contribution in [2.75, 3.05) is 7.05 Å². The smallest absolute Gasteiger partial charge is 0.0875 e.